The summed E-state index contributed by atoms with van der Waals surface area (Å²) in [7, 11) is 0. The molecular weight excluding hydrogens is 338 g/mol. The minimum absolute atomic E-state index is 0.0795. The molecule has 0 saturated heterocycles. The lowest BCUT2D eigenvalue weighted by atomic mass is 10.1. The zero-order valence-corrected chi connectivity index (χ0v) is 15.1. The number of aryl methyl sites for hydroxylation is 2. The minimum Gasteiger partial charge on any atom is -0.326 e. The Morgan fingerprint density at radius 1 is 1.08 bits per heavy atom. The molecule has 0 fully saturated rings. The maximum absolute atomic E-state index is 12.1. The molecule has 0 radical (unpaired) electrons. The Labute approximate surface area is 152 Å². The maximum Gasteiger partial charge on any atom is 0.271 e. The van der Waals surface area contributed by atoms with Crippen LogP contribution in [0.15, 0.2) is 47.6 Å². The van der Waals surface area contributed by atoms with Crippen LogP contribution >= 0.6 is 11.6 Å². The number of nitrogens with zero attached hydrogens (tertiary/aromatic N) is 1. The van der Waals surface area contributed by atoms with E-state index in [9.17, 15) is 9.59 Å². The smallest absolute Gasteiger partial charge is 0.271 e. The predicted molar refractivity (Wildman–Crippen MR) is 101 cm³/mol. The van der Waals surface area contributed by atoms with Gasteiger partial charge in [0.25, 0.3) is 5.91 Å². The van der Waals surface area contributed by atoms with Gasteiger partial charge in [0.1, 0.15) is 0 Å². The maximum atomic E-state index is 12.1. The number of benzene rings is 2. The molecule has 25 heavy (non-hydrogen) atoms. The molecule has 2 amide bonds. The van der Waals surface area contributed by atoms with Gasteiger partial charge in [0.15, 0.2) is 0 Å². The molecule has 6 heteroatoms. The van der Waals surface area contributed by atoms with Gasteiger partial charge in [-0.3, -0.25) is 9.59 Å². The number of hydrogen-bond acceptors (Lipinski definition) is 3. The van der Waals surface area contributed by atoms with E-state index in [4.69, 9.17) is 11.6 Å². The fourth-order valence-corrected chi connectivity index (χ4v) is 2.49. The van der Waals surface area contributed by atoms with Gasteiger partial charge in [-0.05, 0) is 56.2 Å². The van der Waals surface area contributed by atoms with Crippen LogP contribution in [0.5, 0.6) is 0 Å². The summed E-state index contributed by atoms with van der Waals surface area (Å²) >= 11 is 5.90. The Bertz CT molecular complexity index is 831. The Morgan fingerprint density at radius 3 is 2.48 bits per heavy atom. The molecule has 0 aliphatic carbocycles. The molecule has 0 bridgehead atoms. The Kier molecular flexibility index (Phi) is 6.31. The zero-order valence-electron chi connectivity index (χ0n) is 14.4. The topological polar surface area (TPSA) is 70.6 Å². The molecule has 2 aromatic rings. The number of amides is 2. The number of hydrogen-bond donors (Lipinski definition) is 2. The van der Waals surface area contributed by atoms with Gasteiger partial charge in [-0.1, -0.05) is 29.8 Å². The first kappa shape index (κ1) is 18.7. The first-order valence-electron chi connectivity index (χ1n) is 7.82. The van der Waals surface area contributed by atoms with Gasteiger partial charge >= 0.3 is 0 Å². The summed E-state index contributed by atoms with van der Waals surface area (Å²) in [6, 6.07) is 12.5. The second-order valence-corrected chi connectivity index (χ2v) is 6.22. The monoisotopic (exact) mass is 357 g/mol. The van der Waals surface area contributed by atoms with Crippen LogP contribution in [0.25, 0.3) is 0 Å². The van der Waals surface area contributed by atoms with Crippen molar-refractivity contribution in [3.63, 3.8) is 0 Å². The van der Waals surface area contributed by atoms with E-state index in [0.717, 1.165) is 11.1 Å². The van der Waals surface area contributed by atoms with Crippen LogP contribution in [-0.2, 0) is 4.79 Å². The lowest BCUT2D eigenvalue weighted by Gasteiger charge is -2.09. The van der Waals surface area contributed by atoms with Gasteiger partial charge in [-0.25, -0.2) is 5.43 Å². The highest BCUT2D eigenvalue weighted by atomic mass is 35.5. The molecule has 0 aromatic heterocycles. The van der Waals surface area contributed by atoms with Crippen LogP contribution in [-0.4, -0.2) is 17.5 Å². The molecule has 2 aromatic carbocycles. The standard InChI is InChI=1S/C19H20ClN3O2/c1-12-6-4-5-7-16(12)19(25)23-22-14(3)11-18(24)21-17-9-8-15(20)10-13(17)2/h4-10H,11H2,1-3H3,(H,21,24)(H,23,25)/b22-14+. The second-order valence-electron chi connectivity index (χ2n) is 5.79. The Hall–Kier alpha value is -2.66. The lowest BCUT2D eigenvalue weighted by Crippen LogP contribution is -2.22. The van der Waals surface area contributed by atoms with Crippen molar-refractivity contribution in [2.45, 2.75) is 27.2 Å². The van der Waals surface area contributed by atoms with Crippen molar-refractivity contribution < 1.29 is 9.59 Å². The first-order chi connectivity index (χ1) is 11.9. The van der Waals surface area contributed by atoms with Crippen molar-refractivity contribution in [3.8, 4) is 0 Å². The van der Waals surface area contributed by atoms with E-state index in [1.165, 1.54) is 0 Å². The van der Waals surface area contributed by atoms with Crippen LogP contribution in [0.2, 0.25) is 5.02 Å². The normalized spacial score (nSPS) is 11.1. The molecule has 0 aliphatic heterocycles. The molecule has 0 heterocycles. The zero-order chi connectivity index (χ0) is 18.4. The number of halogens is 1. The first-order valence-corrected chi connectivity index (χ1v) is 8.19. The summed E-state index contributed by atoms with van der Waals surface area (Å²) in [4.78, 5) is 24.2. The number of nitrogens with one attached hydrogen (secondary N) is 2. The molecule has 0 saturated carbocycles. The van der Waals surface area contributed by atoms with Gasteiger partial charge < -0.3 is 5.32 Å². The fourth-order valence-electron chi connectivity index (χ4n) is 2.27. The van der Waals surface area contributed by atoms with Crippen LogP contribution < -0.4 is 10.7 Å². The summed E-state index contributed by atoms with van der Waals surface area (Å²) < 4.78 is 0. The third-order valence-electron chi connectivity index (χ3n) is 3.62. The van der Waals surface area contributed by atoms with Crippen LogP contribution in [0, 0.1) is 13.8 Å². The van der Waals surface area contributed by atoms with Crippen molar-refractivity contribution in [1.29, 1.82) is 0 Å². The van der Waals surface area contributed by atoms with Gasteiger partial charge in [0.05, 0.1) is 6.42 Å². The summed E-state index contributed by atoms with van der Waals surface area (Å²) in [5.74, 6) is -0.511. The average molecular weight is 358 g/mol. The Balaban J connectivity index is 1.93. The van der Waals surface area contributed by atoms with Gasteiger partial charge in [-0.15, -0.1) is 0 Å². The van der Waals surface area contributed by atoms with E-state index < -0.39 is 0 Å². The SMILES string of the molecule is C/C(CC(=O)Nc1ccc(Cl)cc1C)=N\NC(=O)c1ccccc1C. The molecule has 130 valence electrons. The number of anilines is 1. The summed E-state index contributed by atoms with van der Waals surface area (Å²) in [6.07, 6.45) is 0.0795. The van der Waals surface area contributed by atoms with Crippen LogP contribution in [0.4, 0.5) is 5.69 Å². The number of hydrazone groups is 1. The third kappa shape index (κ3) is 5.43. The number of carbonyl (C=O) groups is 2. The van der Waals surface area contributed by atoms with E-state index in [0.29, 0.717) is 22.0 Å². The summed E-state index contributed by atoms with van der Waals surface area (Å²) in [5.41, 5.74) is 5.98. The van der Waals surface area contributed by atoms with Gasteiger partial charge in [0, 0.05) is 22.0 Å². The van der Waals surface area contributed by atoms with E-state index in [1.54, 1.807) is 37.3 Å². The van der Waals surface area contributed by atoms with Crippen molar-refractivity contribution in [2.24, 2.45) is 5.10 Å². The number of rotatable bonds is 5. The predicted octanol–water partition coefficient (Wildman–Crippen LogP) is 4.09. The third-order valence-corrected chi connectivity index (χ3v) is 3.85. The molecule has 0 unspecified atom stereocenters. The highest BCUT2D eigenvalue weighted by Gasteiger charge is 2.09. The quantitative estimate of drug-likeness (QED) is 0.625. The van der Waals surface area contributed by atoms with Crippen molar-refractivity contribution >= 4 is 34.8 Å². The molecule has 0 aliphatic rings. The highest BCUT2D eigenvalue weighted by Crippen LogP contribution is 2.19. The van der Waals surface area contributed by atoms with E-state index >= 15 is 0 Å². The number of carbonyl (C=O) groups excluding carboxylic acids is 2. The van der Waals surface area contributed by atoms with E-state index in [2.05, 4.69) is 15.8 Å². The van der Waals surface area contributed by atoms with E-state index in [1.807, 2.05) is 26.0 Å². The van der Waals surface area contributed by atoms with Gasteiger partial charge in [-0.2, -0.15) is 5.10 Å². The lowest BCUT2D eigenvalue weighted by molar-refractivity contribution is -0.115. The highest BCUT2D eigenvalue weighted by molar-refractivity contribution is 6.30. The summed E-state index contributed by atoms with van der Waals surface area (Å²) in [5, 5.41) is 7.42. The van der Waals surface area contributed by atoms with Crippen LogP contribution in [0.3, 0.4) is 0 Å². The van der Waals surface area contributed by atoms with Crippen molar-refractivity contribution in [1.82, 2.24) is 5.43 Å². The molecule has 0 spiro atoms. The molecule has 0 atom stereocenters. The minimum atomic E-state index is -0.300. The average Bonchev–Trinajstić information content (AvgIpc) is 2.55. The molecule has 2 rings (SSSR count). The Morgan fingerprint density at radius 2 is 1.80 bits per heavy atom. The second kappa shape index (κ2) is 8.44. The van der Waals surface area contributed by atoms with Crippen molar-refractivity contribution in [2.75, 3.05) is 5.32 Å². The molecule has 5 nitrogen and oxygen atoms in total. The molecule has 2 N–H and O–H groups in total. The molecular formula is C19H20ClN3O2. The fraction of sp³-hybridized carbons (Fsp3) is 0.211. The largest absolute Gasteiger partial charge is 0.326 e. The van der Waals surface area contributed by atoms with Gasteiger partial charge in [0.2, 0.25) is 5.91 Å². The van der Waals surface area contributed by atoms with Crippen LogP contribution in [0.1, 0.15) is 34.8 Å². The van der Waals surface area contributed by atoms with E-state index in [-0.39, 0.29) is 18.2 Å². The summed E-state index contributed by atoms with van der Waals surface area (Å²) in [6.45, 7) is 5.41. The van der Waals surface area contributed by atoms with Crippen molar-refractivity contribution in [3.05, 3.63) is 64.2 Å².